The molecule has 2 heterocycles. The Morgan fingerprint density at radius 3 is 2.55 bits per heavy atom. The van der Waals surface area contributed by atoms with Gasteiger partial charge in [0.1, 0.15) is 5.02 Å². The summed E-state index contributed by atoms with van der Waals surface area (Å²) >= 11 is 6.10. The molecule has 0 amide bonds. The Hall–Kier alpha value is -1.12. The minimum Gasteiger partial charge on any atom is -0.369 e. The van der Waals surface area contributed by atoms with E-state index in [2.05, 4.69) is 5.10 Å². The van der Waals surface area contributed by atoms with Gasteiger partial charge in [0.25, 0.3) is 5.56 Å². The Labute approximate surface area is 135 Å². The lowest BCUT2D eigenvalue weighted by Gasteiger charge is -2.37. The second-order valence-electron chi connectivity index (χ2n) is 5.41. The number of nitrogens with zero attached hydrogens (tertiary/aromatic N) is 4. The van der Waals surface area contributed by atoms with Crippen LogP contribution in [-0.4, -0.2) is 54.4 Å². The topological polar surface area (TPSA) is 75.5 Å². The largest absolute Gasteiger partial charge is 0.369 e. The quantitative estimate of drug-likeness (QED) is 0.800. The number of aromatic nitrogens is 2. The van der Waals surface area contributed by atoms with Crippen molar-refractivity contribution >= 4 is 27.3 Å². The number of anilines is 1. The predicted molar refractivity (Wildman–Crippen MR) is 86.9 cm³/mol. The monoisotopic (exact) mass is 348 g/mol. The minimum absolute atomic E-state index is 0.0144. The van der Waals surface area contributed by atoms with Crippen molar-refractivity contribution in [2.24, 2.45) is 7.05 Å². The Balaban J connectivity index is 2.10. The zero-order valence-electron chi connectivity index (χ0n) is 13.0. The summed E-state index contributed by atoms with van der Waals surface area (Å²) in [5.41, 5.74) is 0.288. The average molecular weight is 349 g/mol. The van der Waals surface area contributed by atoms with Gasteiger partial charge in [-0.2, -0.15) is 5.10 Å². The van der Waals surface area contributed by atoms with Gasteiger partial charge < -0.3 is 4.90 Å². The lowest BCUT2D eigenvalue weighted by atomic mass is 10.1. The van der Waals surface area contributed by atoms with Crippen molar-refractivity contribution in [3.05, 3.63) is 21.6 Å². The maximum atomic E-state index is 11.9. The molecule has 0 unspecified atom stereocenters. The van der Waals surface area contributed by atoms with Crippen LogP contribution in [0.2, 0.25) is 5.02 Å². The highest BCUT2D eigenvalue weighted by Gasteiger charge is 2.29. The lowest BCUT2D eigenvalue weighted by Crippen LogP contribution is -2.46. The maximum Gasteiger partial charge on any atom is 0.287 e. The molecule has 1 saturated heterocycles. The van der Waals surface area contributed by atoms with Crippen molar-refractivity contribution < 1.29 is 8.42 Å². The molecule has 1 aliphatic heterocycles. The second kappa shape index (κ2) is 6.55. The second-order valence-corrected chi connectivity index (χ2v) is 8.10. The van der Waals surface area contributed by atoms with Crippen LogP contribution < -0.4 is 10.5 Å². The molecule has 1 fully saturated rings. The summed E-state index contributed by atoms with van der Waals surface area (Å²) in [7, 11) is 0.00394. The van der Waals surface area contributed by atoms with E-state index >= 15 is 0 Å². The first kappa shape index (κ1) is 17.2. The van der Waals surface area contributed by atoms with Crippen LogP contribution >= 0.6 is 11.6 Å². The van der Waals surface area contributed by atoms with Crippen LogP contribution in [0.15, 0.2) is 11.0 Å². The van der Waals surface area contributed by atoms with Gasteiger partial charge in [-0.3, -0.25) is 4.79 Å². The summed E-state index contributed by atoms with van der Waals surface area (Å²) in [5, 5.41) is 4.15. The number of rotatable bonds is 4. The van der Waals surface area contributed by atoms with E-state index in [0.717, 1.165) is 0 Å². The molecule has 0 N–H and O–H groups in total. The maximum absolute atomic E-state index is 11.9. The molecular weight excluding hydrogens is 328 g/mol. The summed E-state index contributed by atoms with van der Waals surface area (Å²) in [6, 6.07) is -0.0144. The van der Waals surface area contributed by atoms with Gasteiger partial charge >= 0.3 is 0 Å². The van der Waals surface area contributed by atoms with E-state index in [9.17, 15) is 13.2 Å². The fourth-order valence-electron chi connectivity index (χ4n) is 2.62. The fourth-order valence-corrected chi connectivity index (χ4v) is 3.99. The number of sulfonamides is 1. The first-order chi connectivity index (χ1) is 10.3. The predicted octanol–water partition coefficient (Wildman–Crippen LogP) is 0.684. The molecule has 0 atom stereocenters. The molecule has 0 bridgehead atoms. The third-order valence-corrected chi connectivity index (χ3v) is 6.44. The highest BCUT2D eigenvalue weighted by molar-refractivity contribution is 7.89. The number of aryl methyl sites for hydroxylation is 1. The van der Waals surface area contributed by atoms with Crippen molar-refractivity contribution in [3.8, 4) is 0 Å². The number of hydrogen-bond acceptors (Lipinski definition) is 5. The van der Waals surface area contributed by atoms with Crippen molar-refractivity contribution in [2.45, 2.75) is 25.8 Å². The fraction of sp³-hybridized carbons (Fsp3) is 0.692. The van der Waals surface area contributed by atoms with E-state index in [-0.39, 0.29) is 22.4 Å². The Morgan fingerprint density at radius 2 is 2.00 bits per heavy atom. The molecule has 1 aromatic rings. The van der Waals surface area contributed by atoms with Crippen molar-refractivity contribution in [1.82, 2.24) is 14.1 Å². The van der Waals surface area contributed by atoms with Crippen LogP contribution in [0.1, 0.15) is 19.8 Å². The standard InChI is InChI=1S/C13H21ClN4O3S/c1-4-22(20,21)17(3)10-5-7-18(8-6-10)11-9-15-16(2)13(19)12(11)14/h9-10H,4-8H2,1-3H3. The van der Waals surface area contributed by atoms with Gasteiger partial charge in [-0.15, -0.1) is 0 Å². The van der Waals surface area contributed by atoms with Gasteiger partial charge in [0.15, 0.2) is 0 Å². The molecule has 9 heteroatoms. The van der Waals surface area contributed by atoms with Gasteiger partial charge in [-0.05, 0) is 19.8 Å². The molecule has 2 rings (SSSR count). The van der Waals surface area contributed by atoms with E-state index in [4.69, 9.17) is 11.6 Å². The van der Waals surface area contributed by atoms with E-state index in [1.165, 1.54) is 8.99 Å². The molecule has 0 aliphatic carbocycles. The van der Waals surface area contributed by atoms with Crippen LogP contribution in [0.25, 0.3) is 0 Å². The lowest BCUT2D eigenvalue weighted by molar-refractivity contribution is 0.312. The summed E-state index contributed by atoms with van der Waals surface area (Å²) in [6.45, 7) is 2.93. The Bertz CT molecular complexity index is 696. The first-order valence-electron chi connectivity index (χ1n) is 7.20. The van der Waals surface area contributed by atoms with Crippen LogP contribution in [-0.2, 0) is 17.1 Å². The summed E-state index contributed by atoms with van der Waals surface area (Å²) in [4.78, 5) is 13.8. The van der Waals surface area contributed by atoms with Crippen LogP contribution in [0.3, 0.4) is 0 Å². The van der Waals surface area contributed by atoms with Gasteiger partial charge in [0.05, 0.1) is 17.6 Å². The molecule has 7 nitrogen and oxygen atoms in total. The van der Waals surface area contributed by atoms with Crippen molar-refractivity contribution in [3.63, 3.8) is 0 Å². The Kier molecular flexibility index (Phi) is 5.14. The first-order valence-corrected chi connectivity index (χ1v) is 9.19. The normalized spacial score (nSPS) is 17.2. The van der Waals surface area contributed by atoms with Gasteiger partial charge in [-0.25, -0.2) is 17.4 Å². The summed E-state index contributed by atoms with van der Waals surface area (Å²) < 4.78 is 26.5. The molecule has 124 valence electrons. The summed E-state index contributed by atoms with van der Waals surface area (Å²) in [6.07, 6.45) is 2.97. The molecule has 0 spiro atoms. The van der Waals surface area contributed by atoms with Gasteiger partial charge in [-0.1, -0.05) is 11.6 Å². The highest BCUT2D eigenvalue weighted by Crippen LogP contribution is 2.26. The molecule has 1 aromatic heterocycles. The van der Waals surface area contributed by atoms with Crippen molar-refractivity contribution in [1.29, 1.82) is 0 Å². The van der Waals surface area contributed by atoms with E-state index < -0.39 is 10.0 Å². The van der Waals surface area contributed by atoms with Crippen LogP contribution in [0.5, 0.6) is 0 Å². The number of piperidine rings is 1. The van der Waals surface area contributed by atoms with Crippen LogP contribution in [0.4, 0.5) is 5.69 Å². The van der Waals surface area contributed by atoms with Crippen molar-refractivity contribution in [2.75, 3.05) is 30.8 Å². The summed E-state index contributed by atoms with van der Waals surface area (Å²) in [5.74, 6) is 0.105. The smallest absolute Gasteiger partial charge is 0.287 e. The van der Waals surface area contributed by atoms with E-state index in [1.807, 2.05) is 4.90 Å². The third-order valence-electron chi connectivity index (χ3n) is 4.18. The SMILES string of the molecule is CCS(=O)(=O)N(C)C1CCN(c2cnn(C)c(=O)c2Cl)CC1. The molecule has 1 aliphatic rings. The molecular formula is C13H21ClN4O3S. The third kappa shape index (κ3) is 3.28. The zero-order chi connectivity index (χ0) is 16.5. The van der Waals surface area contributed by atoms with E-state index in [1.54, 1.807) is 27.2 Å². The molecule has 0 radical (unpaired) electrons. The zero-order valence-corrected chi connectivity index (χ0v) is 14.6. The highest BCUT2D eigenvalue weighted by atomic mass is 35.5. The van der Waals surface area contributed by atoms with Gasteiger partial charge in [0, 0.05) is 33.2 Å². The Morgan fingerprint density at radius 1 is 1.41 bits per heavy atom. The van der Waals surface area contributed by atoms with Gasteiger partial charge in [0.2, 0.25) is 10.0 Å². The minimum atomic E-state index is -3.18. The van der Waals surface area contributed by atoms with E-state index in [0.29, 0.717) is 31.6 Å². The number of halogens is 1. The molecule has 0 saturated carbocycles. The average Bonchev–Trinajstić information content (AvgIpc) is 2.52. The van der Waals surface area contributed by atoms with Crippen LogP contribution in [0, 0.1) is 0 Å². The molecule has 0 aromatic carbocycles. The molecule has 22 heavy (non-hydrogen) atoms. The number of hydrogen-bond donors (Lipinski definition) is 0.